The third kappa shape index (κ3) is 2.57. The Morgan fingerprint density at radius 3 is 2.74 bits per heavy atom. The van der Waals surface area contributed by atoms with Crippen molar-refractivity contribution in [3.8, 4) is 0 Å². The molecule has 0 atom stereocenters. The molecule has 0 bridgehead atoms. The maximum Gasteiger partial charge on any atom is 0.312 e. The molecule has 0 radical (unpaired) electrons. The molecule has 2 aliphatic carbocycles. The molecule has 1 aromatic heterocycles. The third-order valence-corrected chi connectivity index (χ3v) is 4.65. The zero-order chi connectivity index (χ0) is 13.5. The van der Waals surface area contributed by atoms with Crippen LogP contribution >= 0.6 is 0 Å². The summed E-state index contributed by atoms with van der Waals surface area (Å²) in [4.78, 5) is 15.1. The van der Waals surface area contributed by atoms with Crippen molar-refractivity contribution in [1.29, 1.82) is 0 Å². The summed E-state index contributed by atoms with van der Waals surface area (Å²) in [6, 6.07) is 4.20. The van der Waals surface area contributed by atoms with Crippen LogP contribution in [-0.2, 0) is 6.42 Å². The van der Waals surface area contributed by atoms with Crippen LogP contribution in [0.4, 0.5) is 4.79 Å². The van der Waals surface area contributed by atoms with E-state index in [1.165, 1.54) is 18.4 Å². The summed E-state index contributed by atoms with van der Waals surface area (Å²) in [7, 11) is 0. The summed E-state index contributed by atoms with van der Waals surface area (Å²) in [5, 5.41) is 2.80. The van der Waals surface area contributed by atoms with Gasteiger partial charge in [0.05, 0.1) is 0 Å². The van der Waals surface area contributed by atoms with Crippen LogP contribution in [-0.4, -0.2) is 17.1 Å². The van der Waals surface area contributed by atoms with Gasteiger partial charge in [-0.2, -0.15) is 0 Å². The zero-order valence-corrected chi connectivity index (χ0v) is 11.4. The Labute approximate surface area is 113 Å². The highest BCUT2D eigenvalue weighted by Gasteiger charge is 2.52. The Hall–Kier alpha value is -1.58. The molecule has 0 unspecified atom stereocenters. The number of amides is 2. The number of nitrogens with two attached hydrogens (primary N) is 1. The van der Waals surface area contributed by atoms with Crippen molar-refractivity contribution >= 4 is 6.03 Å². The quantitative estimate of drug-likeness (QED) is 0.873. The number of nitrogens with zero attached hydrogens (tertiary/aromatic N) is 1. The summed E-state index contributed by atoms with van der Waals surface area (Å²) in [5.74, 6) is 0.791. The van der Waals surface area contributed by atoms with E-state index in [0.29, 0.717) is 11.5 Å². The van der Waals surface area contributed by atoms with Gasteiger partial charge in [-0.05, 0) is 62.0 Å². The van der Waals surface area contributed by atoms with Crippen LogP contribution < -0.4 is 11.1 Å². The summed E-state index contributed by atoms with van der Waals surface area (Å²) in [6.45, 7) is 2.02. The number of hydrogen-bond acceptors (Lipinski definition) is 2. The minimum absolute atomic E-state index is 0.319. The van der Waals surface area contributed by atoms with Gasteiger partial charge in [0.2, 0.25) is 0 Å². The van der Waals surface area contributed by atoms with Gasteiger partial charge in [0.25, 0.3) is 0 Å². The first kappa shape index (κ1) is 12.5. The molecule has 0 saturated heterocycles. The van der Waals surface area contributed by atoms with Crippen molar-refractivity contribution in [3.05, 3.63) is 29.6 Å². The Bertz CT molecular complexity index is 469. The predicted molar refractivity (Wildman–Crippen MR) is 73.6 cm³/mol. The Morgan fingerprint density at radius 2 is 2.16 bits per heavy atom. The number of hydrogen-bond donors (Lipinski definition) is 2. The van der Waals surface area contributed by atoms with Gasteiger partial charge in [0.1, 0.15) is 0 Å². The van der Waals surface area contributed by atoms with Crippen LogP contribution in [0.1, 0.15) is 36.9 Å². The van der Waals surface area contributed by atoms with Crippen molar-refractivity contribution in [2.75, 3.05) is 0 Å². The Balaban J connectivity index is 1.44. The average Bonchev–Trinajstić information content (AvgIpc) is 2.25. The average molecular weight is 259 g/mol. The number of aryl methyl sites for hydroxylation is 1. The van der Waals surface area contributed by atoms with E-state index < -0.39 is 0 Å². The lowest BCUT2D eigenvalue weighted by atomic mass is 9.49. The molecule has 0 aromatic carbocycles. The molecule has 1 spiro atoms. The highest BCUT2D eigenvalue weighted by atomic mass is 16.2. The fourth-order valence-electron chi connectivity index (χ4n) is 3.88. The number of urea groups is 1. The minimum Gasteiger partial charge on any atom is -0.352 e. The highest BCUT2D eigenvalue weighted by Crippen LogP contribution is 2.59. The molecule has 1 aromatic rings. The van der Waals surface area contributed by atoms with Gasteiger partial charge in [-0.1, -0.05) is 6.07 Å². The van der Waals surface area contributed by atoms with Crippen molar-refractivity contribution in [3.63, 3.8) is 0 Å². The first-order chi connectivity index (χ1) is 9.05. The molecule has 0 aliphatic heterocycles. The van der Waals surface area contributed by atoms with Crippen molar-refractivity contribution < 1.29 is 4.79 Å². The lowest BCUT2D eigenvalue weighted by molar-refractivity contribution is -0.0452. The number of primary amides is 1. The van der Waals surface area contributed by atoms with E-state index in [2.05, 4.69) is 22.4 Å². The Kier molecular flexibility index (Phi) is 2.96. The van der Waals surface area contributed by atoms with E-state index in [4.69, 9.17) is 5.73 Å². The van der Waals surface area contributed by atoms with E-state index in [-0.39, 0.29) is 6.03 Å². The van der Waals surface area contributed by atoms with E-state index >= 15 is 0 Å². The normalized spacial score (nSPS) is 32.5. The number of nitrogens with one attached hydrogen (secondary N) is 1. The maximum atomic E-state index is 10.8. The standard InChI is InChI=1S/C15H21N3O/c1-10-2-3-11(9-17-10)4-12-5-15(6-12)7-13(8-15)18-14(16)19/h2-3,9,12-13H,4-8H2,1H3,(H3,16,18,19). The number of pyridine rings is 1. The second-order valence-electron chi connectivity index (χ2n) is 6.40. The highest BCUT2D eigenvalue weighted by molar-refractivity contribution is 5.72. The molecule has 4 nitrogen and oxygen atoms in total. The molecule has 1 heterocycles. The molecule has 2 aliphatic rings. The summed E-state index contributed by atoms with van der Waals surface area (Å²) in [5.41, 5.74) is 8.07. The lowest BCUT2D eigenvalue weighted by Gasteiger charge is -2.58. The first-order valence-electron chi connectivity index (χ1n) is 7.02. The monoisotopic (exact) mass is 259 g/mol. The van der Waals surface area contributed by atoms with Crippen LogP contribution in [0.3, 0.4) is 0 Å². The SMILES string of the molecule is Cc1ccc(CC2CC3(C2)CC(NC(N)=O)C3)cn1. The zero-order valence-electron chi connectivity index (χ0n) is 11.4. The molecule has 3 rings (SSSR count). The Morgan fingerprint density at radius 1 is 1.42 bits per heavy atom. The topological polar surface area (TPSA) is 68.0 Å². The van der Waals surface area contributed by atoms with Gasteiger partial charge < -0.3 is 11.1 Å². The van der Waals surface area contributed by atoms with E-state index in [1.54, 1.807) is 0 Å². The number of carbonyl (C=O) groups excluding carboxylic acids is 1. The molecule has 3 N–H and O–H groups in total. The summed E-state index contributed by atoms with van der Waals surface area (Å²) >= 11 is 0. The summed E-state index contributed by atoms with van der Waals surface area (Å²) in [6.07, 6.45) is 7.94. The fourth-order valence-corrected chi connectivity index (χ4v) is 3.88. The molecular formula is C15H21N3O. The minimum atomic E-state index is -0.388. The van der Waals surface area contributed by atoms with E-state index in [1.807, 2.05) is 13.1 Å². The lowest BCUT2D eigenvalue weighted by Crippen LogP contribution is -2.57. The number of rotatable bonds is 3. The smallest absolute Gasteiger partial charge is 0.312 e. The second-order valence-corrected chi connectivity index (χ2v) is 6.40. The van der Waals surface area contributed by atoms with E-state index in [0.717, 1.165) is 30.9 Å². The molecule has 19 heavy (non-hydrogen) atoms. The first-order valence-corrected chi connectivity index (χ1v) is 7.02. The van der Waals surface area contributed by atoms with Gasteiger partial charge in [-0.3, -0.25) is 4.98 Å². The van der Waals surface area contributed by atoms with Gasteiger partial charge in [0, 0.05) is 17.9 Å². The van der Waals surface area contributed by atoms with Crippen LogP contribution in [0.5, 0.6) is 0 Å². The number of aromatic nitrogens is 1. The molecule has 2 amide bonds. The van der Waals surface area contributed by atoms with Crippen molar-refractivity contribution in [2.24, 2.45) is 17.1 Å². The van der Waals surface area contributed by atoms with Gasteiger partial charge in [0.15, 0.2) is 0 Å². The fraction of sp³-hybridized carbons (Fsp3) is 0.600. The largest absolute Gasteiger partial charge is 0.352 e. The van der Waals surface area contributed by atoms with Crippen LogP contribution in [0.15, 0.2) is 18.3 Å². The second kappa shape index (κ2) is 4.51. The van der Waals surface area contributed by atoms with Crippen LogP contribution in [0.2, 0.25) is 0 Å². The predicted octanol–water partition coefficient (Wildman–Crippen LogP) is 2.16. The van der Waals surface area contributed by atoms with E-state index in [9.17, 15) is 4.79 Å². The van der Waals surface area contributed by atoms with Gasteiger partial charge >= 0.3 is 6.03 Å². The number of carbonyl (C=O) groups is 1. The van der Waals surface area contributed by atoms with Gasteiger partial charge in [-0.15, -0.1) is 0 Å². The molecule has 2 saturated carbocycles. The molecular weight excluding hydrogens is 238 g/mol. The van der Waals surface area contributed by atoms with Crippen molar-refractivity contribution in [2.45, 2.75) is 45.1 Å². The third-order valence-electron chi connectivity index (χ3n) is 4.65. The van der Waals surface area contributed by atoms with Crippen LogP contribution in [0, 0.1) is 18.3 Å². The van der Waals surface area contributed by atoms with Crippen LogP contribution in [0.25, 0.3) is 0 Å². The van der Waals surface area contributed by atoms with Crippen molar-refractivity contribution in [1.82, 2.24) is 10.3 Å². The maximum absolute atomic E-state index is 10.8. The molecule has 4 heteroatoms. The molecule has 2 fully saturated rings. The van der Waals surface area contributed by atoms with Gasteiger partial charge in [-0.25, -0.2) is 4.79 Å². The summed E-state index contributed by atoms with van der Waals surface area (Å²) < 4.78 is 0. The molecule has 102 valence electrons.